The number of carbonyl (C=O) groups is 1. The number of hydrogen-bond donors (Lipinski definition) is 3. The van der Waals surface area contributed by atoms with Gasteiger partial charge in [0.15, 0.2) is 5.60 Å². The second-order valence-corrected chi connectivity index (χ2v) is 5.78. The van der Waals surface area contributed by atoms with Gasteiger partial charge in [0, 0.05) is 39.3 Å². The molecule has 2 rings (SSSR count). The molecule has 104 valence electrons. The first kappa shape index (κ1) is 13.7. The Labute approximate surface area is 108 Å². The SMILES string of the molecule is CC1(C)CN(CCNC(=O)C2(O)CNC2)CCO1. The van der Waals surface area contributed by atoms with Crippen molar-refractivity contribution in [3.05, 3.63) is 0 Å². The molecule has 0 radical (unpaired) electrons. The van der Waals surface area contributed by atoms with Crippen molar-refractivity contribution < 1.29 is 14.6 Å². The summed E-state index contributed by atoms with van der Waals surface area (Å²) in [4.78, 5) is 13.9. The summed E-state index contributed by atoms with van der Waals surface area (Å²) in [6.45, 7) is 8.70. The van der Waals surface area contributed by atoms with Crippen LogP contribution < -0.4 is 10.6 Å². The van der Waals surface area contributed by atoms with Crippen LogP contribution in [0.25, 0.3) is 0 Å². The Hall–Kier alpha value is -0.690. The molecule has 6 nitrogen and oxygen atoms in total. The fourth-order valence-corrected chi connectivity index (χ4v) is 2.32. The minimum atomic E-state index is -1.19. The Balaban J connectivity index is 1.67. The Kier molecular flexibility index (Phi) is 3.91. The topological polar surface area (TPSA) is 73.8 Å². The zero-order chi connectivity index (χ0) is 13.2. The molecule has 0 aromatic carbocycles. The van der Waals surface area contributed by atoms with Gasteiger partial charge >= 0.3 is 0 Å². The number of rotatable bonds is 4. The number of carbonyl (C=O) groups excluding carboxylic acids is 1. The lowest BCUT2D eigenvalue weighted by Crippen LogP contribution is -2.67. The van der Waals surface area contributed by atoms with E-state index in [2.05, 4.69) is 29.4 Å². The van der Waals surface area contributed by atoms with Gasteiger partial charge in [-0.2, -0.15) is 0 Å². The number of amides is 1. The second-order valence-electron chi connectivity index (χ2n) is 5.78. The first-order chi connectivity index (χ1) is 8.41. The second kappa shape index (κ2) is 5.13. The maximum atomic E-state index is 11.7. The third kappa shape index (κ3) is 3.20. The first-order valence-electron chi connectivity index (χ1n) is 6.49. The number of hydrogen-bond acceptors (Lipinski definition) is 5. The van der Waals surface area contributed by atoms with Gasteiger partial charge in [0.25, 0.3) is 5.91 Å². The predicted molar refractivity (Wildman–Crippen MR) is 67.3 cm³/mol. The summed E-state index contributed by atoms with van der Waals surface area (Å²) in [7, 11) is 0. The smallest absolute Gasteiger partial charge is 0.254 e. The number of nitrogens with zero attached hydrogens (tertiary/aromatic N) is 1. The van der Waals surface area contributed by atoms with Crippen LogP contribution >= 0.6 is 0 Å². The van der Waals surface area contributed by atoms with Crippen molar-refractivity contribution in [2.45, 2.75) is 25.0 Å². The Morgan fingerprint density at radius 2 is 2.22 bits per heavy atom. The molecule has 2 aliphatic heterocycles. The molecule has 3 N–H and O–H groups in total. The zero-order valence-electron chi connectivity index (χ0n) is 11.2. The van der Waals surface area contributed by atoms with E-state index < -0.39 is 5.60 Å². The summed E-state index contributed by atoms with van der Waals surface area (Å²) in [6, 6.07) is 0. The number of nitrogens with one attached hydrogen (secondary N) is 2. The lowest BCUT2D eigenvalue weighted by molar-refractivity contribution is -0.144. The standard InChI is InChI=1S/C12H23N3O3/c1-11(2)9-15(5-6-18-11)4-3-14-10(16)12(17)7-13-8-12/h13,17H,3-9H2,1-2H3,(H,14,16). The van der Waals surface area contributed by atoms with E-state index in [4.69, 9.17) is 4.74 Å². The van der Waals surface area contributed by atoms with Gasteiger partial charge in [0.05, 0.1) is 12.2 Å². The van der Waals surface area contributed by atoms with Crippen molar-refractivity contribution >= 4 is 5.91 Å². The van der Waals surface area contributed by atoms with Crippen LogP contribution in [0.1, 0.15) is 13.8 Å². The van der Waals surface area contributed by atoms with Gasteiger partial charge in [0.2, 0.25) is 0 Å². The fourth-order valence-electron chi connectivity index (χ4n) is 2.32. The molecule has 0 spiro atoms. The lowest BCUT2D eigenvalue weighted by Gasteiger charge is -2.39. The summed E-state index contributed by atoms with van der Waals surface area (Å²) < 4.78 is 5.63. The van der Waals surface area contributed by atoms with Crippen LogP contribution in [-0.2, 0) is 9.53 Å². The molecule has 2 aliphatic rings. The molecule has 2 fully saturated rings. The van der Waals surface area contributed by atoms with E-state index in [1.165, 1.54) is 0 Å². The lowest BCUT2D eigenvalue weighted by atomic mass is 9.96. The molecule has 1 amide bonds. The molecule has 0 saturated carbocycles. The van der Waals surface area contributed by atoms with Crippen LogP contribution in [0.2, 0.25) is 0 Å². The van der Waals surface area contributed by atoms with Crippen LogP contribution in [-0.4, -0.2) is 73.0 Å². The van der Waals surface area contributed by atoms with Gasteiger partial charge in [0.1, 0.15) is 0 Å². The first-order valence-corrected chi connectivity index (χ1v) is 6.49. The molecular weight excluding hydrogens is 234 g/mol. The molecule has 0 bridgehead atoms. The Morgan fingerprint density at radius 3 is 2.78 bits per heavy atom. The van der Waals surface area contributed by atoms with Gasteiger partial charge in [-0.15, -0.1) is 0 Å². The highest BCUT2D eigenvalue weighted by Crippen LogP contribution is 2.15. The molecule has 0 aliphatic carbocycles. The molecule has 0 aromatic rings. The van der Waals surface area contributed by atoms with E-state index in [-0.39, 0.29) is 11.5 Å². The largest absolute Gasteiger partial charge is 0.377 e. The fraction of sp³-hybridized carbons (Fsp3) is 0.917. The summed E-state index contributed by atoms with van der Waals surface area (Å²) in [6.07, 6.45) is 0. The average molecular weight is 257 g/mol. The van der Waals surface area contributed by atoms with Gasteiger partial charge in [-0.05, 0) is 13.8 Å². The van der Waals surface area contributed by atoms with Crippen LogP contribution in [0.15, 0.2) is 0 Å². The third-order valence-electron chi connectivity index (χ3n) is 3.48. The van der Waals surface area contributed by atoms with Crippen molar-refractivity contribution in [1.29, 1.82) is 0 Å². The van der Waals surface area contributed by atoms with Crippen molar-refractivity contribution in [3.8, 4) is 0 Å². The monoisotopic (exact) mass is 257 g/mol. The van der Waals surface area contributed by atoms with Crippen LogP contribution in [0, 0.1) is 0 Å². The highest BCUT2D eigenvalue weighted by Gasteiger charge is 2.41. The minimum absolute atomic E-state index is 0.113. The summed E-state index contributed by atoms with van der Waals surface area (Å²) in [5, 5.41) is 15.5. The highest BCUT2D eigenvalue weighted by atomic mass is 16.5. The Morgan fingerprint density at radius 1 is 1.50 bits per heavy atom. The number of β-amino-alcohol motifs (C(OH)–C–C–N with tert-alkyl or cyclic N) is 1. The predicted octanol–water partition coefficient (Wildman–Crippen LogP) is -1.45. The van der Waals surface area contributed by atoms with Gasteiger partial charge in [-0.25, -0.2) is 0 Å². The zero-order valence-corrected chi connectivity index (χ0v) is 11.2. The highest BCUT2D eigenvalue weighted by molar-refractivity contribution is 5.86. The number of ether oxygens (including phenoxy) is 1. The molecular formula is C12H23N3O3. The van der Waals surface area contributed by atoms with Crippen LogP contribution in [0.3, 0.4) is 0 Å². The van der Waals surface area contributed by atoms with Crippen LogP contribution in [0.5, 0.6) is 0 Å². The van der Waals surface area contributed by atoms with Gasteiger partial charge in [-0.3, -0.25) is 9.69 Å². The maximum absolute atomic E-state index is 11.7. The average Bonchev–Trinajstić information content (AvgIpc) is 2.24. The normalized spacial score (nSPS) is 26.4. The van der Waals surface area contributed by atoms with E-state index in [0.717, 1.165) is 26.2 Å². The molecule has 2 saturated heterocycles. The number of aliphatic hydroxyl groups is 1. The Bertz CT molecular complexity index is 316. The molecule has 6 heteroatoms. The quantitative estimate of drug-likeness (QED) is 0.574. The summed E-state index contributed by atoms with van der Waals surface area (Å²) in [5.41, 5.74) is -1.30. The maximum Gasteiger partial charge on any atom is 0.254 e. The molecule has 0 unspecified atom stereocenters. The third-order valence-corrected chi connectivity index (χ3v) is 3.48. The van der Waals surface area contributed by atoms with E-state index >= 15 is 0 Å². The van der Waals surface area contributed by atoms with E-state index in [1.807, 2.05) is 0 Å². The summed E-state index contributed by atoms with van der Waals surface area (Å²) >= 11 is 0. The van der Waals surface area contributed by atoms with Gasteiger partial charge in [-0.1, -0.05) is 0 Å². The van der Waals surface area contributed by atoms with Crippen molar-refractivity contribution in [2.24, 2.45) is 0 Å². The van der Waals surface area contributed by atoms with Crippen molar-refractivity contribution in [3.63, 3.8) is 0 Å². The molecule has 0 atom stereocenters. The number of morpholine rings is 1. The van der Waals surface area contributed by atoms with Crippen molar-refractivity contribution in [2.75, 3.05) is 45.9 Å². The van der Waals surface area contributed by atoms with Crippen molar-refractivity contribution in [1.82, 2.24) is 15.5 Å². The molecule has 18 heavy (non-hydrogen) atoms. The molecule has 0 aromatic heterocycles. The van der Waals surface area contributed by atoms with Crippen LogP contribution in [0.4, 0.5) is 0 Å². The van der Waals surface area contributed by atoms with E-state index in [0.29, 0.717) is 19.6 Å². The van der Waals surface area contributed by atoms with Gasteiger partial charge < -0.3 is 20.5 Å². The minimum Gasteiger partial charge on any atom is -0.377 e. The van der Waals surface area contributed by atoms with E-state index in [1.54, 1.807) is 0 Å². The van der Waals surface area contributed by atoms with E-state index in [9.17, 15) is 9.90 Å². The summed E-state index contributed by atoms with van der Waals surface area (Å²) in [5.74, 6) is -0.270. The molecule has 2 heterocycles.